The molecule has 1 aliphatic heterocycles. The number of hydrogen-bond donors (Lipinski definition) is 2. The number of nitrogens with zero attached hydrogens (tertiary/aromatic N) is 4. The summed E-state index contributed by atoms with van der Waals surface area (Å²) in [6.45, 7) is 6.76. The van der Waals surface area contributed by atoms with Crippen molar-refractivity contribution >= 4 is 17.5 Å². The van der Waals surface area contributed by atoms with Crippen LogP contribution in [-0.2, 0) is 0 Å². The van der Waals surface area contributed by atoms with Crippen molar-refractivity contribution in [1.29, 1.82) is 0 Å². The zero-order valence-corrected chi connectivity index (χ0v) is 14.0. The molecule has 1 saturated heterocycles. The predicted octanol–water partition coefficient (Wildman–Crippen LogP) is 1.52. The molecule has 0 saturated carbocycles. The standard InChI is InChI=1S/C16H22N6O2/c1-11-9-13(21-24-11)16(23)18-6-5-17-14-10-15(20-12(2)19-14)22-7-3-4-8-22/h9-10H,3-8H2,1-2H3,(H,18,23)(H,17,19,20). The summed E-state index contributed by atoms with van der Waals surface area (Å²) in [5.41, 5.74) is 0.293. The Kier molecular flexibility index (Phi) is 4.93. The van der Waals surface area contributed by atoms with Crippen LogP contribution in [0, 0.1) is 13.8 Å². The minimum Gasteiger partial charge on any atom is -0.368 e. The lowest BCUT2D eigenvalue weighted by Gasteiger charge is -2.17. The van der Waals surface area contributed by atoms with Gasteiger partial charge < -0.3 is 20.1 Å². The Balaban J connectivity index is 1.50. The molecule has 1 fully saturated rings. The van der Waals surface area contributed by atoms with E-state index >= 15 is 0 Å². The fourth-order valence-corrected chi connectivity index (χ4v) is 2.68. The van der Waals surface area contributed by atoms with Crippen LogP contribution in [0.15, 0.2) is 16.7 Å². The molecule has 1 amide bonds. The maximum absolute atomic E-state index is 11.9. The number of aryl methyl sites for hydroxylation is 2. The number of nitrogens with one attached hydrogen (secondary N) is 2. The summed E-state index contributed by atoms with van der Waals surface area (Å²) in [6.07, 6.45) is 2.42. The van der Waals surface area contributed by atoms with E-state index < -0.39 is 0 Å². The van der Waals surface area contributed by atoms with Crippen LogP contribution in [0.5, 0.6) is 0 Å². The average Bonchev–Trinajstić information content (AvgIpc) is 3.22. The summed E-state index contributed by atoms with van der Waals surface area (Å²) in [5, 5.41) is 9.70. The normalized spacial score (nSPS) is 14.0. The van der Waals surface area contributed by atoms with Crippen LogP contribution in [0.1, 0.15) is 34.9 Å². The predicted molar refractivity (Wildman–Crippen MR) is 90.3 cm³/mol. The van der Waals surface area contributed by atoms with Gasteiger partial charge in [0.25, 0.3) is 5.91 Å². The summed E-state index contributed by atoms with van der Waals surface area (Å²) in [7, 11) is 0. The van der Waals surface area contributed by atoms with E-state index in [4.69, 9.17) is 4.52 Å². The number of hydrogen-bond acceptors (Lipinski definition) is 7. The fraction of sp³-hybridized carbons (Fsp3) is 0.500. The largest absolute Gasteiger partial charge is 0.368 e. The molecule has 0 radical (unpaired) electrons. The van der Waals surface area contributed by atoms with Crippen molar-refractivity contribution in [3.05, 3.63) is 29.4 Å². The zero-order valence-electron chi connectivity index (χ0n) is 14.0. The second kappa shape index (κ2) is 7.29. The molecule has 24 heavy (non-hydrogen) atoms. The highest BCUT2D eigenvalue weighted by Gasteiger charge is 2.15. The summed E-state index contributed by atoms with van der Waals surface area (Å²) in [6, 6.07) is 3.57. The first-order chi connectivity index (χ1) is 11.6. The highest BCUT2D eigenvalue weighted by atomic mass is 16.5. The Morgan fingerprint density at radius 1 is 1.21 bits per heavy atom. The first-order valence-electron chi connectivity index (χ1n) is 8.18. The molecule has 2 N–H and O–H groups in total. The Morgan fingerprint density at radius 3 is 2.71 bits per heavy atom. The Bertz CT molecular complexity index is 708. The number of amides is 1. The maximum Gasteiger partial charge on any atom is 0.273 e. The van der Waals surface area contributed by atoms with Crippen molar-refractivity contribution in [1.82, 2.24) is 20.4 Å². The van der Waals surface area contributed by atoms with Crippen molar-refractivity contribution < 1.29 is 9.32 Å². The van der Waals surface area contributed by atoms with Gasteiger partial charge in [0.15, 0.2) is 5.69 Å². The highest BCUT2D eigenvalue weighted by molar-refractivity contribution is 5.92. The third kappa shape index (κ3) is 4.01. The van der Waals surface area contributed by atoms with E-state index in [2.05, 4.69) is 30.7 Å². The number of anilines is 2. The number of carbonyl (C=O) groups is 1. The SMILES string of the molecule is Cc1nc(NCCNC(=O)c2cc(C)on2)cc(N2CCCC2)n1. The number of aromatic nitrogens is 3. The lowest BCUT2D eigenvalue weighted by atomic mass is 10.3. The van der Waals surface area contributed by atoms with Crippen LogP contribution in [0.4, 0.5) is 11.6 Å². The molecule has 2 aromatic heterocycles. The number of carbonyl (C=O) groups excluding carboxylic acids is 1. The van der Waals surface area contributed by atoms with Crippen molar-refractivity contribution in [3.8, 4) is 0 Å². The van der Waals surface area contributed by atoms with Crippen LogP contribution in [0.25, 0.3) is 0 Å². The van der Waals surface area contributed by atoms with Crippen molar-refractivity contribution in [2.75, 3.05) is 36.4 Å². The fourth-order valence-electron chi connectivity index (χ4n) is 2.68. The molecule has 0 bridgehead atoms. The summed E-state index contributed by atoms with van der Waals surface area (Å²) >= 11 is 0. The Morgan fingerprint density at radius 2 is 2.00 bits per heavy atom. The minimum atomic E-state index is -0.245. The molecular formula is C16H22N6O2. The first-order valence-corrected chi connectivity index (χ1v) is 8.18. The average molecular weight is 330 g/mol. The van der Waals surface area contributed by atoms with Crippen LogP contribution in [0.3, 0.4) is 0 Å². The molecule has 0 aromatic carbocycles. The van der Waals surface area contributed by atoms with Crippen LogP contribution < -0.4 is 15.5 Å². The lowest BCUT2D eigenvalue weighted by Crippen LogP contribution is -2.29. The molecular weight excluding hydrogens is 308 g/mol. The second-order valence-electron chi connectivity index (χ2n) is 5.86. The monoisotopic (exact) mass is 330 g/mol. The van der Waals surface area contributed by atoms with E-state index in [1.807, 2.05) is 13.0 Å². The molecule has 1 aliphatic rings. The molecule has 8 heteroatoms. The maximum atomic E-state index is 11.9. The van der Waals surface area contributed by atoms with Crippen molar-refractivity contribution in [2.45, 2.75) is 26.7 Å². The second-order valence-corrected chi connectivity index (χ2v) is 5.86. The van der Waals surface area contributed by atoms with Crippen molar-refractivity contribution in [2.24, 2.45) is 0 Å². The third-order valence-corrected chi connectivity index (χ3v) is 3.83. The molecule has 8 nitrogen and oxygen atoms in total. The quantitative estimate of drug-likeness (QED) is 0.775. The van der Waals surface area contributed by atoms with Crippen LogP contribution in [-0.4, -0.2) is 47.2 Å². The molecule has 2 aromatic rings. The van der Waals surface area contributed by atoms with Gasteiger partial charge in [0.1, 0.15) is 23.2 Å². The first kappa shape index (κ1) is 16.2. The van der Waals surface area contributed by atoms with Gasteiger partial charge in [-0.25, -0.2) is 9.97 Å². The van der Waals surface area contributed by atoms with Gasteiger partial charge in [0, 0.05) is 38.3 Å². The van der Waals surface area contributed by atoms with Gasteiger partial charge >= 0.3 is 0 Å². The van der Waals surface area contributed by atoms with Crippen LogP contribution in [0.2, 0.25) is 0 Å². The van der Waals surface area contributed by atoms with Gasteiger partial charge in [0.2, 0.25) is 0 Å². The molecule has 0 unspecified atom stereocenters. The smallest absolute Gasteiger partial charge is 0.273 e. The summed E-state index contributed by atoms with van der Waals surface area (Å²) < 4.78 is 4.89. The highest BCUT2D eigenvalue weighted by Crippen LogP contribution is 2.20. The molecule has 3 rings (SSSR count). The molecule has 3 heterocycles. The molecule has 0 aliphatic carbocycles. The van der Waals surface area contributed by atoms with E-state index in [-0.39, 0.29) is 5.91 Å². The van der Waals surface area contributed by atoms with Gasteiger partial charge in [-0.1, -0.05) is 5.16 Å². The molecule has 128 valence electrons. The van der Waals surface area contributed by atoms with E-state index in [1.165, 1.54) is 12.8 Å². The lowest BCUT2D eigenvalue weighted by molar-refractivity contribution is 0.0946. The van der Waals surface area contributed by atoms with Gasteiger partial charge in [-0.15, -0.1) is 0 Å². The van der Waals surface area contributed by atoms with E-state index in [0.29, 0.717) is 24.5 Å². The zero-order chi connectivity index (χ0) is 16.9. The van der Waals surface area contributed by atoms with E-state index in [1.54, 1.807) is 13.0 Å². The van der Waals surface area contributed by atoms with Gasteiger partial charge in [-0.05, 0) is 26.7 Å². The Labute approximate surface area is 140 Å². The van der Waals surface area contributed by atoms with Gasteiger partial charge in [-0.3, -0.25) is 4.79 Å². The van der Waals surface area contributed by atoms with E-state index in [9.17, 15) is 4.79 Å². The van der Waals surface area contributed by atoms with E-state index in [0.717, 1.165) is 30.5 Å². The molecule has 0 atom stereocenters. The van der Waals surface area contributed by atoms with Gasteiger partial charge in [0.05, 0.1) is 0 Å². The third-order valence-electron chi connectivity index (χ3n) is 3.83. The van der Waals surface area contributed by atoms with Crippen LogP contribution >= 0.6 is 0 Å². The minimum absolute atomic E-state index is 0.245. The number of rotatable bonds is 6. The topological polar surface area (TPSA) is 96.2 Å². The molecule has 0 spiro atoms. The summed E-state index contributed by atoms with van der Waals surface area (Å²) in [5.74, 6) is 2.85. The van der Waals surface area contributed by atoms with Crippen molar-refractivity contribution in [3.63, 3.8) is 0 Å². The Hall–Kier alpha value is -2.64. The van der Waals surface area contributed by atoms with Gasteiger partial charge in [-0.2, -0.15) is 0 Å². The summed E-state index contributed by atoms with van der Waals surface area (Å²) in [4.78, 5) is 23.0.